The fourth-order valence-electron chi connectivity index (χ4n) is 3.63. The van der Waals surface area contributed by atoms with Crippen LogP contribution >= 0.6 is 23.4 Å². The summed E-state index contributed by atoms with van der Waals surface area (Å²) < 4.78 is 15.6. The van der Waals surface area contributed by atoms with Crippen molar-refractivity contribution in [3.63, 3.8) is 0 Å². The van der Waals surface area contributed by atoms with Gasteiger partial charge in [0.1, 0.15) is 11.6 Å². The Bertz CT molecular complexity index is 1390. The van der Waals surface area contributed by atoms with Crippen LogP contribution in [-0.2, 0) is 5.75 Å². The maximum absolute atomic E-state index is 14.0. The van der Waals surface area contributed by atoms with E-state index >= 15 is 0 Å². The predicted molar refractivity (Wildman–Crippen MR) is 121 cm³/mol. The summed E-state index contributed by atoms with van der Waals surface area (Å²) in [5, 5.41) is 18.4. The molecule has 3 N–H and O–H groups in total. The van der Waals surface area contributed by atoms with Crippen LogP contribution in [0.25, 0.3) is 11.3 Å². The van der Waals surface area contributed by atoms with Gasteiger partial charge < -0.3 is 10.4 Å². The average Bonchev–Trinajstić information content (AvgIpc) is 2.79. The molecule has 9 heteroatoms. The first-order valence-corrected chi connectivity index (χ1v) is 11.1. The smallest absolute Gasteiger partial charge is 0.325 e. The van der Waals surface area contributed by atoms with Gasteiger partial charge in [-0.05, 0) is 46.6 Å². The Morgan fingerprint density at radius 2 is 1.91 bits per heavy atom. The van der Waals surface area contributed by atoms with Crippen LogP contribution in [0.5, 0.6) is 5.75 Å². The highest BCUT2D eigenvalue weighted by Gasteiger charge is 2.37. The van der Waals surface area contributed by atoms with Gasteiger partial charge in [-0.15, -0.1) is 0 Å². The molecule has 0 saturated heterocycles. The number of aromatic amines is 1. The van der Waals surface area contributed by atoms with Gasteiger partial charge >= 0.3 is 11.3 Å². The number of hydrogen-bond donors (Lipinski definition) is 3. The van der Waals surface area contributed by atoms with Crippen LogP contribution in [0.4, 0.5) is 10.1 Å². The fraction of sp³-hybridized carbons (Fsp3) is 0.0870. The molecule has 0 bridgehead atoms. The van der Waals surface area contributed by atoms with Crippen molar-refractivity contribution in [2.45, 2.75) is 17.1 Å². The summed E-state index contributed by atoms with van der Waals surface area (Å²) in [5.41, 5.74) is 2.82. The third kappa shape index (κ3) is 3.72. The van der Waals surface area contributed by atoms with Gasteiger partial charge in [0.15, 0.2) is 0 Å². The molecular formula is C23H17ClFN4O2S+. The largest absolute Gasteiger partial charge is 0.506 e. The second-order valence-corrected chi connectivity index (χ2v) is 8.61. The Balaban J connectivity index is 1.60. The first-order valence-electron chi connectivity index (χ1n) is 9.78. The number of hydrogen-bond acceptors (Lipinski definition) is 5. The van der Waals surface area contributed by atoms with Gasteiger partial charge in [0.2, 0.25) is 5.16 Å². The molecule has 0 spiro atoms. The minimum absolute atomic E-state index is 0.0307. The molecule has 4 aromatic rings. The van der Waals surface area contributed by atoms with Crippen LogP contribution in [0.1, 0.15) is 17.3 Å². The third-order valence-corrected chi connectivity index (χ3v) is 6.41. The molecule has 0 unspecified atom stereocenters. The van der Waals surface area contributed by atoms with Crippen LogP contribution in [0.15, 0.2) is 76.7 Å². The van der Waals surface area contributed by atoms with Crippen LogP contribution < -0.4 is 15.6 Å². The molecule has 0 fully saturated rings. The highest BCUT2D eigenvalue weighted by molar-refractivity contribution is 7.98. The normalized spacial score (nSPS) is 14.4. The number of nitrogens with one attached hydrogen (secondary N) is 2. The molecule has 0 amide bonds. The van der Waals surface area contributed by atoms with E-state index in [1.165, 1.54) is 23.9 Å². The number of aromatic nitrogens is 3. The minimum atomic E-state index is -0.534. The van der Waals surface area contributed by atoms with E-state index in [0.29, 0.717) is 27.7 Å². The molecule has 160 valence electrons. The molecule has 32 heavy (non-hydrogen) atoms. The Kier molecular flexibility index (Phi) is 5.32. The number of anilines is 1. The highest BCUT2D eigenvalue weighted by Crippen LogP contribution is 2.34. The zero-order chi connectivity index (χ0) is 22.2. The van der Waals surface area contributed by atoms with E-state index in [2.05, 4.69) is 15.4 Å². The average molecular weight is 468 g/mol. The molecule has 0 saturated carbocycles. The third-order valence-electron chi connectivity index (χ3n) is 5.19. The van der Waals surface area contributed by atoms with Crippen LogP contribution in [0.2, 0.25) is 5.02 Å². The first-order chi connectivity index (χ1) is 15.5. The van der Waals surface area contributed by atoms with Crippen molar-refractivity contribution in [1.82, 2.24) is 10.1 Å². The molecule has 0 aliphatic carbocycles. The van der Waals surface area contributed by atoms with E-state index < -0.39 is 6.17 Å². The quantitative estimate of drug-likeness (QED) is 0.304. The van der Waals surface area contributed by atoms with Gasteiger partial charge in [0, 0.05) is 16.4 Å². The fourth-order valence-corrected chi connectivity index (χ4v) is 4.66. The summed E-state index contributed by atoms with van der Waals surface area (Å²) >= 11 is 7.38. The van der Waals surface area contributed by atoms with E-state index in [4.69, 9.17) is 11.6 Å². The number of fused-ring (bicyclic) bond motifs is 3. The summed E-state index contributed by atoms with van der Waals surface area (Å²) in [4.78, 5) is 15.9. The van der Waals surface area contributed by atoms with Crippen molar-refractivity contribution in [3.8, 4) is 17.0 Å². The molecule has 2 heterocycles. The second kappa shape index (κ2) is 8.29. The molecule has 1 aliphatic rings. The number of nitrogens with zero attached hydrogens (tertiary/aromatic N) is 2. The van der Waals surface area contributed by atoms with E-state index in [0.717, 1.165) is 11.3 Å². The number of para-hydroxylation sites is 1. The number of halogens is 2. The van der Waals surface area contributed by atoms with E-state index in [9.17, 15) is 14.3 Å². The number of H-pyrrole nitrogens is 1. The van der Waals surface area contributed by atoms with Crippen LogP contribution in [0, 0.1) is 5.82 Å². The highest BCUT2D eigenvalue weighted by atomic mass is 35.5. The van der Waals surface area contributed by atoms with Crippen molar-refractivity contribution in [2.24, 2.45) is 0 Å². The summed E-state index contributed by atoms with van der Waals surface area (Å²) in [6.45, 7) is 0. The molecular weight excluding hydrogens is 451 g/mol. The van der Waals surface area contributed by atoms with Gasteiger partial charge in [-0.1, -0.05) is 53.7 Å². The van der Waals surface area contributed by atoms with Crippen LogP contribution in [0.3, 0.4) is 0 Å². The van der Waals surface area contributed by atoms with E-state index in [1.54, 1.807) is 35.0 Å². The van der Waals surface area contributed by atoms with Gasteiger partial charge in [-0.3, -0.25) is 9.78 Å². The van der Waals surface area contributed by atoms with Gasteiger partial charge in [0.25, 0.3) is 6.17 Å². The Hall–Kier alpha value is -3.36. The Morgan fingerprint density at radius 1 is 1.12 bits per heavy atom. The zero-order valence-electron chi connectivity index (χ0n) is 16.5. The Morgan fingerprint density at radius 3 is 2.72 bits per heavy atom. The van der Waals surface area contributed by atoms with Gasteiger partial charge in [-0.25, -0.2) is 4.39 Å². The first kappa shape index (κ1) is 20.5. The number of aromatic hydroxyl groups is 1. The molecule has 1 aliphatic heterocycles. The number of benzene rings is 3. The topological polar surface area (TPSA) is 81.9 Å². The molecule has 1 atom stereocenters. The molecule has 0 radical (unpaired) electrons. The summed E-state index contributed by atoms with van der Waals surface area (Å²) in [5.74, 6) is -0.0219. The van der Waals surface area contributed by atoms with E-state index in [-0.39, 0.29) is 22.1 Å². The standard InChI is InChI=1S/C23H16ClFN4O2S/c24-16-11-13(9-10-19(16)30)21-26-18-8-4-2-6-15(18)20-22(31)27-23(28-29(20)21)32-12-14-5-1-3-7-17(14)25/h1-11,21H,12H2,(H2,27,28,30,31)/p+1/t21-/m0/s1. The molecule has 1 aromatic heterocycles. The summed E-state index contributed by atoms with van der Waals surface area (Å²) in [6, 6.07) is 18.8. The lowest BCUT2D eigenvalue weighted by Gasteiger charge is -2.22. The monoisotopic (exact) mass is 467 g/mol. The van der Waals surface area contributed by atoms with E-state index in [1.807, 2.05) is 24.3 Å². The summed E-state index contributed by atoms with van der Waals surface area (Å²) in [6.07, 6.45) is -0.534. The molecule has 5 rings (SSSR count). The molecule has 6 nitrogen and oxygen atoms in total. The van der Waals surface area contributed by atoms with Crippen molar-refractivity contribution in [3.05, 3.63) is 99.1 Å². The summed E-state index contributed by atoms with van der Waals surface area (Å²) in [7, 11) is 0. The molecule has 3 aromatic carbocycles. The van der Waals surface area contributed by atoms with Gasteiger partial charge in [0.05, 0.1) is 16.3 Å². The van der Waals surface area contributed by atoms with Crippen LogP contribution in [-0.4, -0.2) is 15.2 Å². The second-order valence-electron chi connectivity index (χ2n) is 7.24. The van der Waals surface area contributed by atoms with Crippen molar-refractivity contribution < 1.29 is 14.2 Å². The van der Waals surface area contributed by atoms with Crippen molar-refractivity contribution >= 4 is 29.1 Å². The SMILES string of the molecule is O=c1[nH]c(SCc2ccccc2F)n[n+]2c1-c1ccccc1N[C@@H]2c1ccc(O)c(Cl)c1. The predicted octanol–water partition coefficient (Wildman–Crippen LogP) is 4.49. The maximum atomic E-state index is 14.0. The Labute approximate surface area is 191 Å². The van der Waals surface area contributed by atoms with Crippen molar-refractivity contribution in [1.29, 1.82) is 0 Å². The van der Waals surface area contributed by atoms with Gasteiger partial charge in [-0.2, -0.15) is 0 Å². The number of phenols is 1. The lowest BCUT2D eigenvalue weighted by molar-refractivity contribution is -0.759. The minimum Gasteiger partial charge on any atom is -0.506 e. The maximum Gasteiger partial charge on any atom is 0.325 e. The lowest BCUT2D eigenvalue weighted by Crippen LogP contribution is -2.55. The van der Waals surface area contributed by atoms with Crippen molar-refractivity contribution in [2.75, 3.05) is 5.32 Å². The number of thioether (sulfide) groups is 1. The lowest BCUT2D eigenvalue weighted by atomic mass is 10.0. The number of rotatable bonds is 4. The zero-order valence-corrected chi connectivity index (χ0v) is 18.1. The number of phenolic OH excluding ortho intramolecular Hbond substituents is 1.